The van der Waals surface area contributed by atoms with Crippen molar-refractivity contribution in [3.8, 4) is 11.5 Å². The molecule has 0 bridgehead atoms. The summed E-state index contributed by atoms with van der Waals surface area (Å²) in [6.07, 6.45) is 1.55. The molecule has 1 unspecified atom stereocenters. The number of aromatic nitrogens is 1. The van der Waals surface area contributed by atoms with E-state index in [1.165, 1.54) is 0 Å². The summed E-state index contributed by atoms with van der Waals surface area (Å²) in [5, 5.41) is 3.14. The lowest BCUT2D eigenvalue weighted by Gasteiger charge is -2.30. The number of benzene rings is 2. The minimum Gasteiger partial charge on any atom is -0.454 e. The zero-order valence-corrected chi connectivity index (χ0v) is 16.3. The molecule has 7 nitrogen and oxygen atoms in total. The zero-order chi connectivity index (χ0) is 19.8. The number of anilines is 1. The molecule has 0 spiro atoms. The molecule has 0 saturated carbocycles. The van der Waals surface area contributed by atoms with E-state index in [9.17, 15) is 4.79 Å². The van der Waals surface area contributed by atoms with E-state index in [4.69, 9.17) is 13.9 Å². The first-order valence-corrected chi connectivity index (χ1v) is 9.98. The van der Waals surface area contributed by atoms with Gasteiger partial charge in [0.15, 0.2) is 17.1 Å². The van der Waals surface area contributed by atoms with Crippen LogP contribution < -0.4 is 19.7 Å². The van der Waals surface area contributed by atoms with E-state index in [1.807, 2.05) is 49.4 Å². The van der Waals surface area contributed by atoms with E-state index in [1.54, 1.807) is 0 Å². The number of carbonyl (C=O) groups excluding carboxylic acids is 1. The first-order valence-electron chi connectivity index (χ1n) is 9.98. The maximum atomic E-state index is 12.8. The summed E-state index contributed by atoms with van der Waals surface area (Å²) in [5.41, 5.74) is 2.66. The average molecular weight is 393 g/mol. The van der Waals surface area contributed by atoms with Gasteiger partial charge in [-0.15, -0.1) is 0 Å². The normalized spacial score (nSPS) is 17.5. The fourth-order valence-corrected chi connectivity index (χ4v) is 3.93. The molecule has 7 heteroatoms. The zero-order valence-electron chi connectivity index (χ0n) is 16.3. The summed E-state index contributed by atoms with van der Waals surface area (Å²) in [4.78, 5) is 19.5. The number of nitrogens with zero attached hydrogens (tertiary/aromatic N) is 2. The largest absolute Gasteiger partial charge is 0.454 e. The lowest BCUT2D eigenvalue weighted by atomic mass is 9.95. The van der Waals surface area contributed by atoms with Gasteiger partial charge in [0.2, 0.25) is 12.7 Å². The second kappa shape index (κ2) is 7.31. The molecular weight excluding hydrogens is 370 g/mol. The number of hydrogen-bond acceptors (Lipinski definition) is 6. The van der Waals surface area contributed by atoms with Crippen molar-refractivity contribution in [2.24, 2.45) is 5.92 Å². The number of hydrogen-bond donors (Lipinski definition) is 1. The molecule has 1 amide bonds. The predicted molar refractivity (Wildman–Crippen MR) is 108 cm³/mol. The van der Waals surface area contributed by atoms with Crippen molar-refractivity contribution in [2.75, 3.05) is 24.8 Å². The van der Waals surface area contributed by atoms with E-state index < -0.39 is 0 Å². The highest BCUT2D eigenvalue weighted by Gasteiger charge is 2.28. The SMILES string of the molecule is CC(NC(=O)C1CCN(c2nc3ccccc3o2)CC1)c1ccc2c(c1)OCO2. The highest BCUT2D eigenvalue weighted by molar-refractivity contribution is 5.79. The minimum atomic E-state index is -0.0907. The van der Waals surface area contributed by atoms with Crippen LogP contribution in [0, 0.1) is 5.92 Å². The number of para-hydroxylation sites is 2. The van der Waals surface area contributed by atoms with Gasteiger partial charge in [0.1, 0.15) is 5.52 Å². The van der Waals surface area contributed by atoms with Crippen molar-refractivity contribution < 1.29 is 18.7 Å². The van der Waals surface area contributed by atoms with Gasteiger partial charge < -0.3 is 24.1 Å². The molecule has 3 heterocycles. The molecule has 1 N–H and O–H groups in total. The second-order valence-electron chi connectivity index (χ2n) is 7.57. The Hall–Kier alpha value is -3.22. The minimum absolute atomic E-state index is 0.00733. The molecule has 150 valence electrons. The number of fused-ring (bicyclic) bond motifs is 2. The molecule has 1 aromatic heterocycles. The molecule has 1 saturated heterocycles. The van der Waals surface area contributed by atoms with Crippen LogP contribution in [0.5, 0.6) is 11.5 Å². The Bertz CT molecular complexity index is 1010. The molecule has 29 heavy (non-hydrogen) atoms. The molecule has 0 aliphatic carbocycles. The molecule has 3 aromatic rings. The number of rotatable bonds is 4. The van der Waals surface area contributed by atoms with Gasteiger partial charge in [0.05, 0.1) is 6.04 Å². The lowest BCUT2D eigenvalue weighted by Crippen LogP contribution is -2.41. The molecule has 2 aromatic carbocycles. The van der Waals surface area contributed by atoms with Crippen LogP contribution in [-0.2, 0) is 4.79 Å². The first-order chi connectivity index (χ1) is 14.2. The number of ether oxygens (including phenoxy) is 2. The van der Waals surface area contributed by atoms with E-state index in [2.05, 4.69) is 15.2 Å². The molecular formula is C22H23N3O4. The molecule has 5 rings (SSSR count). The second-order valence-corrected chi connectivity index (χ2v) is 7.57. The number of piperidine rings is 1. The van der Waals surface area contributed by atoms with Gasteiger partial charge >= 0.3 is 0 Å². The summed E-state index contributed by atoms with van der Waals surface area (Å²) in [7, 11) is 0. The van der Waals surface area contributed by atoms with Gasteiger partial charge in [-0.2, -0.15) is 4.98 Å². The Kier molecular flexibility index (Phi) is 4.50. The van der Waals surface area contributed by atoms with Crippen LogP contribution in [0.2, 0.25) is 0 Å². The smallest absolute Gasteiger partial charge is 0.298 e. The quantitative estimate of drug-likeness (QED) is 0.729. The fourth-order valence-electron chi connectivity index (χ4n) is 3.93. The summed E-state index contributed by atoms with van der Waals surface area (Å²) in [5.74, 6) is 1.56. The number of oxazole rings is 1. The third kappa shape index (κ3) is 3.48. The lowest BCUT2D eigenvalue weighted by molar-refractivity contribution is -0.126. The van der Waals surface area contributed by atoms with Crippen molar-refractivity contribution in [1.29, 1.82) is 0 Å². The van der Waals surface area contributed by atoms with Gasteiger partial charge in [-0.25, -0.2) is 0 Å². The number of amides is 1. The molecule has 2 aliphatic heterocycles. The van der Waals surface area contributed by atoms with E-state index in [0.29, 0.717) is 6.01 Å². The summed E-state index contributed by atoms with van der Waals surface area (Å²) in [6, 6.07) is 14.1. The van der Waals surface area contributed by atoms with Gasteiger partial charge in [0, 0.05) is 19.0 Å². The summed E-state index contributed by atoms with van der Waals surface area (Å²) >= 11 is 0. The van der Waals surface area contributed by atoms with Crippen molar-refractivity contribution in [3.63, 3.8) is 0 Å². The van der Waals surface area contributed by atoms with Crippen molar-refractivity contribution in [2.45, 2.75) is 25.8 Å². The van der Waals surface area contributed by atoms with E-state index in [-0.39, 0.29) is 24.7 Å². The molecule has 2 aliphatic rings. The fraction of sp³-hybridized carbons (Fsp3) is 0.364. The monoisotopic (exact) mass is 393 g/mol. The van der Waals surface area contributed by atoms with Gasteiger partial charge in [0.25, 0.3) is 6.01 Å². The van der Waals surface area contributed by atoms with Gasteiger partial charge in [-0.1, -0.05) is 18.2 Å². The van der Waals surface area contributed by atoms with Crippen LogP contribution in [0.15, 0.2) is 46.9 Å². The maximum Gasteiger partial charge on any atom is 0.298 e. The van der Waals surface area contributed by atoms with Gasteiger partial charge in [-0.05, 0) is 49.6 Å². The Morgan fingerprint density at radius 3 is 2.76 bits per heavy atom. The van der Waals surface area contributed by atoms with Crippen LogP contribution in [0.3, 0.4) is 0 Å². The Balaban J connectivity index is 1.19. The number of nitrogens with one attached hydrogen (secondary N) is 1. The maximum absolute atomic E-state index is 12.8. The highest BCUT2D eigenvalue weighted by Crippen LogP contribution is 2.34. The van der Waals surface area contributed by atoms with E-state index >= 15 is 0 Å². The number of carbonyl (C=O) groups is 1. The van der Waals surface area contributed by atoms with E-state index in [0.717, 1.165) is 54.1 Å². The topological polar surface area (TPSA) is 76.8 Å². The van der Waals surface area contributed by atoms with Crippen LogP contribution in [0.4, 0.5) is 6.01 Å². The van der Waals surface area contributed by atoms with Crippen LogP contribution in [0.25, 0.3) is 11.1 Å². The van der Waals surface area contributed by atoms with Crippen LogP contribution in [0.1, 0.15) is 31.4 Å². The summed E-state index contributed by atoms with van der Waals surface area (Å²) < 4.78 is 16.6. The van der Waals surface area contributed by atoms with Crippen molar-refractivity contribution in [1.82, 2.24) is 10.3 Å². The molecule has 1 fully saturated rings. The van der Waals surface area contributed by atoms with Crippen molar-refractivity contribution >= 4 is 23.0 Å². The third-order valence-electron chi connectivity index (χ3n) is 5.67. The Morgan fingerprint density at radius 2 is 1.93 bits per heavy atom. The highest BCUT2D eigenvalue weighted by atomic mass is 16.7. The summed E-state index contributed by atoms with van der Waals surface area (Å²) in [6.45, 7) is 3.74. The van der Waals surface area contributed by atoms with Gasteiger partial charge in [-0.3, -0.25) is 4.79 Å². The van der Waals surface area contributed by atoms with Crippen LogP contribution in [-0.4, -0.2) is 30.8 Å². The standard InChI is InChI=1S/C22H23N3O4/c1-14(16-6-7-19-20(12-16)28-13-27-19)23-21(26)15-8-10-25(11-9-15)22-24-17-4-2-3-5-18(17)29-22/h2-7,12,14-15H,8-11,13H2,1H3,(H,23,26). The first kappa shape index (κ1) is 17.8. The Morgan fingerprint density at radius 1 is 1.14 bits per heavy atom. The third-order valence-corrected chi connectivity index (χ3v) is 5.67. The average Bonchev–Trinajstić information content (AvgIpc) is 3.40. The predicted octanol–water partition coefficient (Wildman–Crippen LogP) is 3.65. The molecule has 0 radical (unpaired) electrons. The molecule has 1 atom stereocenters. The Labute approximate surface area is 168 Å². The van der Waals surface area contributed by atoms with Crippen molar-refractivity contribution in [3.05, 3.63) is 48.0 Å². The van der Waals surface area contributed by atoms with Crippen LogP contribution >= 0.6 is 0 Å².